The molecule has 0 radical (unpaired) electrons. The van der Waals surface area contributed by atoms with Crippen LogP contribution in [0.25, 0.3) is 0 Å². The van der Waals surface area contributed by atoms with Gasteiger partial charge in [0.2, 0.25) is 0 Å². The van der Waals surface area contributed by atoms with Gasteiger partial charge in [0, 0.05) is 5.56 Å². The monoisotopic (exact) mass is 150 g/mol. The molecule has 1 atom stereocenters. The van der Waals surface area contributed by atoms with Crippen molar-refractivity contribution in [3.05, 3.63) is 35.9 Å². The first-order chi connectivity index (χ1) is 5.22. The van der Waals surface area contributed by atoms with Crippen molar-refractivity contribution < 1.29 is 4.90 Å². The Labute approximate surface area is 68.7 Å². The summed E-state index contributed by atoms with van der Waals surface area (Å²) in [5.41, 5.74) is 1.41. The summed E-state index contributed by atoms with van der Waals surface area (Å²) in [5.74, 6) is 0. The van der Waals surface area contributed by atoms with Gasteiger partial charge < -0.3 is 4.90 Å². The predicted octanol–water partition coefficient (Wildman–Crippen LogP) is 0.892. The fourth-order valence-electron chi connectivity index (χ4n) is 1.08. The van der Waals surface area contributed by atoms with Crippen LogP contribution >= 0.6 is 0 Å². The third-order valence-electron chi connectivity index (χ3n) is 2.17. The van der Waals surface area contributed by atoms with Crippen LogP contribution < -0.4 is 4.90 Å². The van der Waals surface area contributed by atoms with Gasteiger partial charge in [-0.1, -0.05) is 30.3 Å². The molecule has 1 heteroatoms. The second-order valence-electron chi connectivity index (χ2n) is 3.21. The Morgan fingerprint density at radius 3 is 2.09 bits per heavy atom. The van der Waals surface area contributed by atoms with Crippen molar-refractivity contribution in [1.29, 1.82) is 0 Å². The molecule has 1 rings (SSSR count). The summed E-state index contributed by atoms with van der Waals surface area (Å²) >= 11 is 0. The Morgan fingerprint density at radius 2 is 1.64 bits per heavy atom. The Kier molecular flexibility index (Phi) is 2.66. The number of hydrogen-bond donors (Lipinski definition) is 1. The van der Waals surface area contributed by atoms with E-state index >= 15 is 0 Å². The van der Waals surface area contributed by atoms with Crippen molar-refractivity contribution in [3.63, 3.8) is 0 Å². The van der Waals surface area contributed by atoms with Gasteiger partial charge in [0.1, 0.15) is 6.04 Å². The molecular formula is C10H16N+. The molecule has 60 valence electrons. The topological polar surface area (TPSA) is 4.44 Å². The van der Waals surface area contributed by atoms with Gasteiger partial charge in [-0.3, -0.25) is 0 Å². The minimum absolute atomic E-state index is 0.594. The van der Waals surface area contributed by atoms with Crippen molar-refractivity contribution >= 4 is 0 Å². The second-order valence-corrected chi connectivity index (χ2v) is 3.21. The maximum Gasteiger partial charge on any atom is 0.110 e. The maximum absolute atomic E-state index is 2.24. The van der Waals surface area contributed by atoms with Crippen LogP contribution in [0.15, 0.2) is 30.3 Å². The van der Waals surface area contributed by atoms with Gasteiger partial charge >= 0.3 is 0 Å². The molecule has 0 unspecified atom stereocenters. The van der Waals surface area contributed by atoms with E-state index in [2.05, 4.69) is 51.4 Å². The van der Waals surface area contributed by atoms with Crippen molar-refractivity contribution in [2.45, 2.75) is 13.0 Å². The Morgan fingerprint density at radius 1 is 1.09 bits per heavy atom. The molecule has 0 fully saturated rings. The second kappa shape index (κ2) is 3.54. The van der Waals surface area contributed by atoms with Crippen LogP contribution in [0, 0.1) is 0 Å². The third kappa shape index (κ3) is 2.05. The SMILES string of the molecule is C[C@H](c1ccccc1)[NH+](C)C. The fraction of sp³-hybridized carbons (Fsp3) is 0.400. The summed E-state index contributed by atoms with van der Waals surface area (Å²) in [5, 5.41) is 0. The molecule has 1 aromatic rings. The van der Waals surface area contributed by atoms with Crippen LogP contribution in [-0.2, 0) is 0 Å². The molecule has 0 bridgehead atoms. The molecule has 0 heterocycles. The highest BCUT2D eigenvalue weighted by atomic mass is 15.1. The van der Waals surface area contributed by atoms with Crippen molar-refractivity contribution in [1.82, 2.24) is 0 Å². The molecular weight excluding hydrogens is 134 g/mol. The molecule has 1 N–H and O–H groups in total. The average molecular weight is 150 g/mol. The molecule has 0 spiro atoms. The smallest absolute Gasteiger partial charge is 0.110 e. The lowest BCUT2D eigenvalue weighted by Gasteiger charge is -2.16. The number of hydrogen-bond acceptors (Lipinski definition) is 0. The number of benzene rings is 1. The van der Waals surface area contributed by atoms with Crippen LogP contribution in [0.1, 0.15) is 18.5 Å². The maximum atomic E-state index is 2.24. The third-order valence-corrected chi connectivity index (χ3v) is 2.17. The van der Waals surface area contributed by atoms with Gasteiger partial charge in [-0.05, 0) is 6.92 Å². The van der Waals surface area contributed by atoms with Crippen molar-refractivity contribution in [3.8, 4) is 0 Å². The molecule has 0 amide bonds. The lowest BCUT2D eigenvalue weighted by atomic mass is 10.1. The molecule has 11 heavy (non-hydrogen) atoms. The van der Waals surface area contributed by atoms with E-state index in [1.165, 1.54) is 10.5 Å². The summed E-state index contributed by atoms with van der Waals surface area (Å²) in [6.07, 6.45) is 0. The summed E-state index contributed by atoms with van der Waals surface area (Å²) in [6.45, 7) is 2.24. The standard InChI is InChI=1S/C10H15N/c1-9(11(2)3)10-7-5-4-6-8-10/h4-9H,1-3H3/p+1/t9-/m1/s1. The molecule has 0 saturated heterocycles. The van der Waals surface area contributed by atoms with Gasteiger partial charge in [0.15, 0.2) is 0 Å². The van der Waals surface area contributed by atoms with Crippen molar-refractivity contribution in [2.24, 2.45) is 0 Å². The Hall–Kier alpha value is -0.820. The largest absolute Gasteiger partial charge is 0.334 e. The normalized spacial score (nSPS) is 13.5. The van der Waals surface area contributed by atoms with E-state index in [9.17, 15) is 0 Å². The summed E-state index contributed by atoms with van der Waals surface area (Å²) in [6, 6.07) is 11.2. The van der Waals surface area contributed by atoms with E-state index in [1.54, 1.807) is 0 Å². The molecule has 1 nitrogen and oxygen atoms in total. The summed E-state index contributed by atoms with van der Waals surface area (Å²) < 4.78 is 0. The first-order valence-electron chi connectivity index (χ1n) is 4.07. The number of rotatable bonds is 2. The first-order valence-corrected chi connectivity index (χ1v) is 4.07. The quantitative estimate of drug-likeness (QED) is 0.638. The summed E-state index contributed by atoms with van der Waals surface area (Å²) in [4.78, 5) is 1.47. The zero-order valence-corrected chi connectivity index (χ0v) is 7.46. The van der Waals surface area contributed by atoms with Gasteiger partial charge in [-0.2, -0.15) is 0 Å². The van der Waals surface area contributed by atoms with Crippen LogP contribution in [0.3, 0.4) is 0 Å². The average Bonchev–Trinajstić information content (AvgIpc) is 2.05. The Balaban J connectivity index is 2.77. The zero-order chi connectivity index (χ0) is 8.27. The van der Waals surface area contributed by atoms with Crippen LogP contribution in [-0.4, -0.2) is 14.1 Å². The van der Waals surface area contributed by atoms with Crippen LogP contribution in [0.4, 0.5) is 0 Å². The Bertz CT molecular complexity index is 203. The van der Waals surface area contributed by atoms with Gasteiger partial charge in [0.25, 0.3) is 0 Å². The minimum Gasteiger partial charge on any atom is -0.334 e. The van der Waals surface area contributed by atoms with Crippen LogP contribution in [0.5, 0.6) is 0 Å². The highest BCUT2D eigenvalue weighted by Gasteiger charge is 2.08. The summed E-state index contributed by atoms with van der Waals surface area (Å²) in [7, 11) is 4.36. The lowest BCUT2D eigenvalue weighted by Crippen LogP contribution is -3.05. The lowest BCUT2D eigenvalue weighted by molar-refractivity contribution is -0.890. The predicted molar refractivity (Wildman–Crippen MR) is 47.7 cm³/mol. The van der Waals surface area contributed by atoms with E-state index < -0.39 is 0 Å². The number of nitrogens with one attached hydrogen (secondary N) is 1. The van der Waals surface area contributed by atoms with E-state index in [-0.39, 0.29) is 0 Å². The van der Waals surface area contributed by atoms with E-state index in [4.69, 9.17) is 0 Å². The number of quaternary nitrogens is 1. The van der Waals surface area contributed by atoms with E-state index in [0.29, 0.717) is 6.04 Å². The van der Waals surface area contributed by atoms with Crippen LogP contribution in [0.2, 0.25) is 0 Å². The molecule has 0 aromatic heterocycles. The minimum atomic E-state index is 0.594. The van der Waals surface area contributed by atoms with Gasteiger partial charge in [0.05, 0.1) is 14.1 Å². The zero-order valence-electron chi connectivity index (χ0n) is 7.46. The highest BCUT2D eigenvalue weighted by Crippen LogP contribution is 2.06. The fourth-order valence-corrected chi connectivity index (χ4v) is 1.08. The first kappa shape index (κ1) is 8.28. The highest BCUT2D eigenvalue weighted by molar-refractivity contribution is 5.16. The molecule has 0 aliphatic rings. The van der Waals surface area contributed by atoms with Crippen molar-refractivity contribution in [2.75, 3.05) is 14.1 Å². The molecule has 0 saturated carbocycles. The molecule has 0 aliphatic heterocycles. The van der Waals surface area contributed by atoms with Gasteiger partial charge in [-0.25, -0.2) is 0 Å². The molecule has 0 aliphatic carbocycles. The van der Waals surface area contributed by atoms with Gasteiger partial charge in [-0.15, -0.1) is 0 Å². The van der Waals surface area contributed by atoms with E-state index in [0.717, 1.165) is 0 Å². The molecule has 1 aromatic carbocycles. The van der Waals surface area contributed by atoms with E-state index in [1.807, 2.05) is 0 Å².